The second kappa shape index (κ2) is 7.86. The largest absolute Gasteiger partial charge is 0.457 e. The number of hydrogen-bond donors (Lipinski definition) is 0. The van der Waals surface area contributed by atoms with E-state index in [1.54, 1.807) is 24.5 Å². The van der Waals surface area contributed by atoms with E-state index in [2.05, 4.69) is 14.9 Å². The quantitative estimate of drug-likeness (QED) is 0.715. The van der Waals surface area contributed by atoms with Crippen molar-refractivity contribution in [1.29, 1.82) is 0 Å². The zero-order valence-electron chi connectivity index (χ0n) is 14.9. The van der Waals surface area contributed by atoms with Crippen LogP contribution in [0.1, 0.15) is 10.4 Å². The first kappa shape index (κ1) is 17.0. The Morgan fingerprint density at radius 3 is 2.26 bits per heavy atom. The van der Waals surface area contributed by atoms with Gasteiger partial charge < -0.3 is 14.5 Å². The van der Waals surface area contributed by atoms with Crippen LogP contribution in [0.25, 0.3) is 0 Å². The molecule has 2 heterocycles. The highest BCUT2D eigenvalue weighted by atomic mass is 16.5. The number of rotatable bonds is 4. The predicted octanol–water partition coefficient (Wildman–Crippen LogP) is 3.23. The van der Waals surface area contributed by atoms with E-state index in [9.17, 15) is 4.79 Å². The molecule has 0 radical (unpaired) electrons. The molecule has 1 saturated heterocycles. The van der Waals surface area contributed by atoms with Crippen LogP contribution < -0.4 is 9.64 Å². The molecule has 1 aliphatic rings. The summed E-state index contributed by atoms with van der Waals surface area (Å²) in [7, 11) is 0. The third kappa shape index (κ3) is 4.06. The van der Waals surface area contributed by atoms with Crippen LogP contribution in [-0.4, -0.2) is 47.0 Å². The third-order valence-corrected chi connectivity index (χ3v) is 4.46. The molecule has 2 aromatic carbocycles. The van der Waals surface area contributed by atoms with Gasteiger partial charge in [-0.25, -0.2) is 9.97 Å². The Labute approximate surface area is 158 Å². The molecule has 6 nitrogen and oxygen atoms in total. The smallest absolute Gasteiger partial charge is 0.254 e. The maximum atomic E-state index is 12.9. The number of amides is 1. The molecule has 0 spiro atoms. The summed E-state index contributed by atoms with van der Waals surface area (Å²) in [6.45, 7) is 2.72. The predicted molar refractivity (Wildman–Crippen MR) is 103 cm³/mol. The minimum absolute atomic E-state index is 0.0159. The van der Waals surface area contributed by atoms with E-state index in [1.165, 1.54) is 0 Å². The first-order valence-corrected chi connectivity index (χ1v) is 8.94. The van der Waals surface area contributed by atoms with E-state index < -0.39 is 0 Å². The molecule has 0 saturated carbocycles. The standard InChI is InChI=1S/C21H20N4O2/c26-20(24-12-14-25(15-13-24)21-22-10-5-11-23-21)17-6-4-9-19(16-17)27-18-7-2-1-3-8-18/h1-11,16H,12-15H2. The van der Waals surface area contributed by atoms with Crippen molar-refractivity contribution < 1.29 is 9.53 Å². The zero-order chi connectivity index (χ0) is 18.5. The van der Waals surface area contributed by atoms with Crippen LogP contribution >= 0.6 is 0 Å². The minimum atomic E-state index is 0.0159. The summed E-state index contributed by atoms with van der Waals surface area (Å²) < 4.78 is 5.84. The monoisotopic (exact) mass is 360 g/mol. The van der Waals surface area contributed by atoms with Gasteiger partial charge in [-0.1, -0.05) is 24.3 Å². The van der Waals surface area contributed by atoms with Crippen LogP contribution in [0.4, 0.5) is 5.95 Å². The number of carbonyl (C=O) groups is 1. The average molecular weight is 360 g/mol. The Kier molecular flexibility index (Phi) is 4.96. The minimum Gasteiger partial charge on any atom is -0.457 e. The maximum Gasteiger partial charge on any atom is 0.254 e. The SMILES string of the molecule is O=C(c1cccc(Oc2ccccc2)c1)N1CCN(c2ncccn2)CC1. The lowest BCUT2D eigenvalue weighted by molar-refractivity contribution is 0.0746. The highest BCUT2D eigenvalue weighted by molar-refractivity contribution is 5.94. The van der Waals surface area contributed by atoms with E-state index in [-0.39, 0.29) is 5.91 Å². The van der Waals surface area contributed by atoms with Crippen molar-refractivity contribution in [3.63, 3.8) is 0 Å². The van der Waals surface area contributed by atoms with Crippen LogP contribution in [0.2, 0.25) is 0 Å². The average Bonchev–Trinajstić information content (AvgIpc) is 2.75. The Morgan fingerprint density at radius 1 is 0.815 bits per heavy atom. The molecule has 1 aliphatic heterocycles. The number of ether oxygens (including phenoxy) is 1. The van der Waals surface area contributed by atoms with Crippen molar-refractivity contribution in [2.45, 2.75) is 0 Å². The lowest BCUT2D eigenvalue weighted by Gasteiger charge is -2.34. The van der Waals surface area contributed by atoms with Gasteiger partial charge in [-0.3, -0.25) is 4.79 Å². The number of para-hydroxylation sites is 1. The molecule has 3 aromatic rings. The van der Waals surface area contributed by atoms with Crippen LogP contribution in [-0.2, 0) is 0 Å². The van der Waals surface area contributed by atoms with Crippen LogP contribution in [0.3, 0.4) is 0 Å². The van der Waals surface area contributed by atoms with E-state index in [0.717, 1.165) is 18.8 Å². The molecule has 27 heavy (non-hydrogen) atoms. The molecule has 1 amide bonds. The van der Waals surface area contributed by atoms with Gasteiger partial charge in [-0.15, -0.1) is 0 Å². The number of benzene rings is 2. The molecule has 0 unspecified atom stereocenters. The van der Waals surface area contributed by atoms with E-state index >= 15 is 0 Å². The highest BCUT2D eigenvalue weighted by Crippen LogP contribution is 2.23. The summed E-state index contributed by atoms with van der Waals surface area (Å²) in [5.74, 6) is 2.13. The second-order valence-electron chi connectivity index (χ2n) is 6.27. The number of hydrogen-bond acceptors (Lipinski definition) is 5. The molecule has 0 N–H and O–H groups in total. The summed E-state index contributed by atoms with van der Waals surface area (Å²) in [6, 6.07) is 18.7. The molecule has 1 aromatic heterocycles. The molecular formula is C21H20N4O2. The zero-order valence-corrected chi connectivity index (χ0v) is 14.9. The van der Waals surface area contributed by atoms with E-state index in [4.69, 9.17) is 4.74 Å². The van der Waals surface area contributed by atoms with E-state index in [1.807, 2.05) is 53.4 Å². The molecule has 1 fully saturated rings. The Hall–Kier alpha value is -3.41. The molecule has 136 valence electrons. The van der Waals surface area contributed by atoms with Crippen LogP contribution in [0.15, 0.2) is 73.1 Å². The van der Waals surface area contributed by atoms with Crippen LogP contribution in [0.5, 0.6) is 11.5 Å². The summed E-state index contributed by atoms with van der Waals surface area (Å²) in [5, 5.41) is 0. The molecule has 0 aliphatic carbocycles. The molecule has 4 rings (SSSR count). The number of nitrogens with zero attached hydrogens (tertiary/aromatic N) is 4. The lowest BCUT2D eigenvalue weighted by Crippen LogP contribution is -2.49. The van der Waals surface area contributed by atoms with Gasteiger partial charge in [0.05, 0.1) is 0 Å². The lowest BCUT2D eigenvalue weighted by atomic mass is 10.1. The second-order valence-corrected chi connectivity index (χ2v) is 6.27. The molecule has 0 bridgehead atoms. The number of aromatic nitrogens is 2. The Morgan fingerprint density at radius 2 is 1.52 bits per heavy atom. The summed E-state index contributed by atoms with van der Waals surface area (Å²) in [6.07, 6.45) is 3.47. The first-order chi connectivity index (χ1) is 13.3. The highest BCUT2D eigenvalue weighted by Gasteiger charge is 2.23. The molecule has 6 heteroatoms. The van der Waals surface area contributed by atoms with Gasteiger partial charge in [-0.2, -0.15) is 0 Å². The van der Waals surface area contributed by atoms with Crippen molar-refractivity contribution in [3.8, 4) is 11.5 Å². The first-order valence-electron chi connectivity index (χ1n) is 8.94. The van der Waals surface area contributed by atoms with Gasteiger partial charge in [0.2, 0.25) is 5.95 Å². The maximum absolute atomic E-state index is 12.9. The third-order valence-electron chi connectivity index (χ3n) is 4.46. The van der Waals surface area contributed by atoms with Crippen LogP contribution in [0, 0.1) is 0 Å². The fraction of sp³-hybridized carbons (Fsp3) is 0.190. The molecule has 0 atom stereocenters. The van der Waals surface area contributed by atoms with Gasteiger partial charge in [-0.05, 0) is 36.4 Å². The topological polar surface area (TPSA) is 58.6 Å². The van der Waals surface area contributed by atoms with Gasteiger partial charge in [0.25, 0.3) is 5.91 Å². The summed E-state index contributed by atoms with van der Waals surface area (Å²) in [5.41, 5.74) is 0.632. The number of anilines is 1. The van der Waals surface area contributed by atoms with Gasteiger partial charge in [0.1, 0.15) is 11.5 Å². The summed E-state index contributed by atoms with van der Waals surface area (Å²) >= 11 is 0. The fourth-order valence-corrected chi connectivity index (χ4v) is 3.06. The van der Waals surface area contributed by atoms with Gasteiger partial charge in [0.15, 0.2) is 0 Å². The van der Waals surface area contributed by atoms with Crippen molar-refractivity contribution in [2.24, 2.45) is 0 Å². The summed E-state index contributed by atoms with van der Waals surface area (Å²) in [4.78, 5) is 25.4. The fourth-order valence-electron chi connectivity index (χ4n) is 3.06. The normalized spacial score (nSPS) is 14.1. The number of carbonyl (C=O) groups excluding carboxylic acids is 1. The molecular weight excluding hydrogens is 340 g/mol. The van der Waals surface area contributed by atoms with E-state index in [0.29, 0.717) is 30.4 Å². The van der Waals surface area contributed by atoms with Crippen molar-refractivity contribution >= 4 is 11.9 Å². The van der Waals surface area contributed by atoms with Crippen molar-refractivity contribution in [2.75, 3.05) is 31.1 Å². The van der Waals surface area contributed by atoms with Crippen molar-refractivity contribution in [3.05, 3.63) is 78.6 Å². The van der Waals surface area contributed by atoms with Gasteiger partial charge >= 0.3 is 0 Å². The Bertz CT molecular complexity index is 894. The number of piperazine rings is 1. The van der Waals surface area contributed by atoms with Gasteiger partial charge in [0, 0.05) is 44.1 Å². The van der Waals surface area contributed by atoms with Crippen molar-refractivity contribution in [1.82, 2.24) is 14.9 Å². The Balaban J connectivity index is 1.41.